The number of carbonyl (C=O) groups excluding carboxylic acids is 1. The van der Waals surface area contributed by atoms with E-state index in [-0.39, 0.29) is 12.8 Å². The number of carboxylic acids is 1. The quantitative estimate of drug-likeness (QED) is 0.103. The van der Waals surface area contributed by atoms with Crippen LogP contribution in [0, 0.1) is 0 Å². The molecule has 6 N–H and O–H groups in total. The molecule has 0 saturated carbocycles. The van der Waals surface area contributed by atoms with Crippen LogP contribution in [0.25, 0.3) is 0 Å². The third kappa shape index (κ3) is 11.0. The largest absolute Gasteiger partial charge is 0.481 e. The van der Waals surface area contributed by atoms with Crippen LogP contribution in [0.3, 0.4) is 0 Å². The summed E-state index contributed by atoms with van der Waals surface area (Å²) in [5, 5.41) is 61.2. The van der Waals surface area contributed by atoms with E-state index in [0.717, 1.165) is 32.1 Å². The van der Waals surface area contributed by atoms with Crippen molar-refractivity contribution in [1.82, 2.24) is 0 Å². The van der Waals surface area contributed by atoms with Gasteiger partial charge in [-0.15, -0.1) is 0 Å². The van der Waals surface area contributed by atoms with Gasteiger partial charge >= 0.3 is 11.9 Å². The first-order chi connectivity index (χ1) is 19.4. The van der Waals surface area contributed by atoms with Gasteiger partial charge in [0, 0.05) is 0 Å². The molecule has 13 heteroatoms. The lowest BCUT2D eigenvalue weighted by Crippen LogP contribution is -2.63. The molecular weight excluding hydrogens is 544 g/mol. The fraction of sp³-hybridized carbons (Fsp3) is 0.929. The van der Waals surface area contributed by atoms with Gasteiger partial charge in [-0.2, -0.15) is 0 Å². The summed E-state index contributed by atoms with van der Waals surface area (Å²) in [7, 11) is 0. The highest BCUT2D eigenvalue weighted by atomic mass is 16.8. The lowest BCUT2D eigenvalue weighted by atomic mass is 9.97. The molecule has 2 unspecified atom stereocenters. The first-order valence-electron chi connectivity index (χ1n) is 14.8. The highest BCUT2D eigenvalue weighted by molar-refractivity contribution is 5.72. The Labute approximate surface area is 241 Å². The van der Waals surface area contributed by atoms with Crippen molar-refractivity contribution in [2.75, 3.05) is 0 Å². The molecule has 2 aliphatic heterocycles. The van der Waals surface area contributed by atoms with Gasteiger partial charge in [0.2, 0.25) is 0 Å². The van der Waals surface area contributed by atoms with Gasteiger partial charge in [-0.3, -0.25) is 9.59 Å². The van der Waals surface area contributed by atoms with Crippen molar-refractivity contribution in [1.29, 1.82) is 0 Å². The highest BCUT2D eigenvalue weighted by Crippen LogP contribution is 2.31. The Bertz CT molecular complexity index is 782. The van der Waals surface area contributed by atoms with Gasteiger partial charge in [0.15, 0.2) is 12.6 Å². The number of aliphatic hydroxyl groups excluding tert-OH is 5. The standard InChI is InChI=1S/C28H50O13/c1-5-7-9-11-17(13-19(29)30)39-20(31)14-18(12-10-8-6-2)40-28-26(24(35)22(33)16(4)38-28)41-27-25(36)23(34)21(32)15(3)37-27/h15-18,21-28,32-36H,5-14H2,1-4H3,(H,29,30)/t15-,16-,17?,18?,21-,22-,23+,24+,25+,26+,27-,28-/m0/s1. The van der Waals surface area contributed by atoms with Crippen LogP contribution in [0.15, 0.2) is 0 Å². The Hall–Kier alpha value is -1.42. The molecule has 0 radical (unpaired) electrons. The average Bonchev–Trinajstić information content (AvgIpc) is 2.90. The monoisotopic (exact) mass is 594 g/mol. The molecule has 0 aliphatic carbocycles. The van der Waals surface area contributed by atoms with Gasteiger partial charge < -0.3 is 54.3 Å². The summed E-state index contributed by atoms with van der Waals surface area (Å²) >= 11 is 0. The second kappa shape index (κ2) is 17.6. The summed E-state index contributed by atoms with van der Waals surface area (Å²) < 4.78 is 28.8. The Morgan fingerprint density at radius 1 is 0.707 bits per heavy atom. The Morgan fingerprint density at radius 3 is 1.80 bits per heavy atom. The molecule has 0 bridgehead atoms. The predicted molar refractivity (Wildman–Crippen MR) is 143 cm³/mol. The van der Waals surface area contributed by atoms with E-state index in [9.17, 15) is 40.2 Å². The first-order valence-corrected chi connectivity index (χ1v) is 14.8. The van der Waals surface area contributed by atoms with E-state index >= 15 is 0 Å². The van der Waals surface area contributed by atoms with Crippen molar-refractivity contribution >= 4 is 11.9 Å². The number of ether oxygens (including phenoxy) is 5. The second-order valence-corrected chi connectivity index (χ2v) is 11.1. The van der Waals surface area contributed by atoms with E-state index in [1.165, 1.54) is 13.8 Å². The van der Waals surface area contributed by atoms with Crippen LogP contribution in [-0.4, -0.2) is 116 Å². The van der Waals surface area contributed by atoms with Crippen molar-refractivity contribution in [3.05, 3.63) is 0 Å². The maximum absolute atomic E-state index is 12.9. The molecule has 2 aliphatic rings. The lowest BCUT2D eigenvalue weighted by Gasteiger charge is -2.46. The van der Waals surface area contributed by atoms with Gasteiger partial charge in [-0.05, 0) is 33.1 Å². The molecule has 0 aromatic rings. The number of aliphatic carboxylic acids is 1. The summed E-state index contributed by atoms with van der Waals surface area (Å²) in [4.78, 5) is 24.2. The van der Waals surface area contributed by atoms with Gasteiger partial charge in [-0.1, -0.05) is 46.0 Å². The predicted octanol–water partition coefficient (Wildman–Crippen LogP) is 0.988. The van der Waals surface area contributed by atoms with E-state index in [2.05, 4.69) is 0 Å². The molecule has 0 aromatic carbocycles. The third-order valence-electron chi connectivity index (χ3n) is 7.56. The third-order valence-corrected chi connectivity index (χ3v) is 7.56. The van der Waals surface area contributed by atoms with Crippen LogP contribution in [0.2, 0.25) is 0 Å². The molecule has 2 fully saturated rings. The highest BCUT2D eigenvalue weighted by Gasteiger charge is 2.50. The van der Waals surface area contributed by atoms with Crippen LogP contribution in [0.4, 0.5) is 0 Å². The van der Waals surface area contributed by atoms with Crippen molar-refractivity contribution in [2.24, 2.45) is 0 Å². The minimum absolute atomic E-state index is 0.211. The maximum Gasteiger partial charge on any atom is 0.308 e. The summed E-state index contributed by atoms with van der Waals surface area (Å²) in [6.07, 6.45) is -9.67. The molecule has 2 saturated heterocycles. The van der Waals surface area contributed by atoms with Crippen molar-refractivity contribution in [3.63, 3.8) is 0 Å². The van der Waals surface area contributed by atoms with Crippen molar-refractivity contribution in [3.8, 4) is 0 Å². The average molecular weight is 595 g/mol. The molecule has 0 spiro atoms. The normalized spacial score (nSPS) is 35.5. The summed E-state index contributed by atoms with van der Waals surface area (Å²) in [6, 6.07) is 0. The number of hydrogen-bond donors (Lipinski definition) is 6. The molecule has 13 nitrogen and oxygen atoms in total. The molecule has 41 heavy (non-hydrogen) atoms. The SMILES string of the molecule is CCCCCC(CC(=O)O)OC(=O)CC(CCCCC)O[C@@H]1O[C@@H](C)[C@H](O)[C@@H](O)[C@H]1O[C@@H]1O[C@@H](C)[C@H](O)[C@@H](O)[C@H]1O. The Kier molecular flexibility index (Phi) is 15.4. The number of carboxylic acid groups (broad SMARTS) is 1. The second-order valence-electron chi connectivity index (χ2n) is 11.1. The number of esters is 1. The Balaban J connectivity index is 2.17. The molecule has 240 valence electrons. The van der Waals surface area contributed by atoms with Gasteiger partial charge in [-0.25, -0.2) is 0 Å². The number of hydrogen-bond acceptors (Lipinski definition) is 12. The van der Waals surface area contributed by atoms with Crippen molar-refractivity contribution < 1.29 is 63.9 Å². The zero-order valence-corrected chi connectivity index (χ0v) is 24.5. The molecule has 2 rings (SSSR count). The van der Waals surface area contributed by atoms with E-state index in [0.29, 0.717) is 19.3 Å². The minimum Gasteiger partial charge on any atom is -0.481 e. The van der Waals surface area contributed by atoms with Crippen LogP contribution in [0.1, 0.15) is 91.9 Å². The van der Waals surface area contributed by atoms with Gasteiger partial charge in [0.05, 0.1) is 31.2 Å². The number of unbranched alkanes of at least 4 members (excludes halogenated alkanes) is 4. The van der Waals surface area contributed by atoms with Crippen LogP contribution in [-0.2, 0) is 33.3 Å². The zero-order valence-electron chi connectivity index (χ0n) is 24.5. The van der Waals surface area contributed by atoms with Crippen molar-refractivity contribution in [2.45, 2.75) is 166 Å². The van der Waals surface area contributed by atoms with Gasteiger partial charge in [0.1, 0.15) is 42.7 Å². The van der Waals surface area contributed by atoms with Crippen LogP contribution in [0.5, 0.6) is 0 Å². The zero-order chi connectivity index (χ0) is 30.7. The van der Waals surface area contributed by atoms with E-state index in [4.69, 9.17) is 23.7 Å². The number of aliphatic hydroxyl groups is 5. The molecular formula is C28H50O13. The summed E-state index contributed by atoms with van der Waals surface area (Å²) in [5.41, 5.74) is 0. The topological polar surface area (TPSA) is 202 Å². The molecule has 0 aromatic heterocycles. The van der Waals surface area contributed by atoms with Crippen LogP contribution < -0.4 is 0 Å². The number of carbonyl (C=O) groups is 2. The van der Waals surface area contributed by atoms with E-state index < -0.39 is 85.6 Å². The fourth-order valence-electron chi connectivity index (χ4n) is 5.01. The minimum atomic E-state index is -1.67. The summed E-state index contributed by atoms with van der Waals surface area (Å²) in [5.74, 6) is -1.70. The maximum atomic E-state index is 12.9. The van der Waals surface area contributed by atoms with Gasteiger partial charge in [0.25, 0.3) is 0 Å². The molecule has 0 amide bonds. The van der Waals surface area contributed by atoms with Crippen LogP contribution >= 0.6 is 0 Å². The first kappa shape index (κ1) is 35.8. The summed E-state index contributed by atoms with van der Waals surface area (Å²) in [6.45, 7) is 7.04. The molecule has 2 heterocycles. The fourth-order valence-corrected chi connectivity index (χ4v) is 5.01. The smallest absolute Gasteiger partial charge is 0.308 e. The van der Waals surface area contributed by atoms with E-state index in [1.54, 1.807) is 0 Å². The Morgan fingerprint density at radius 2 is 1.24 bits per heavy atom. The number of rotatable bonds is 17. The van der Waals surface area contributed by atoms with E-state index in [1.807, 2.05) is 13.8 Å². The lowest BCUT2D eigenvalue weighted by molar-refractivity contribution is -0.366. The molecule has 12 atom stereocenters.